The first-order valence-corrected chi connectivity index (χ1v) is 5.98. The Morgan fingerprint density at radius 3 is 2.53 bits per heavy atom. The third kappa shape index (κ3) is 3.61. The summed E-state index contributed by atoms with van der Waals surface area (Å²) in [5.74, 6) is 0. The largest absolute Gasteiger partial charge is 0.377 e. The summed E-state index contributed by atoms with van der Waals surface area (Å²) in [6.07, 6.45) is 5.06. The Morgan fingerprint density at radius 1 is 1.18 bits per heavy atom. The molecule has 3 nitrogen and oxygen atoms in total. The molecule has 1 aliphatic rings. The lowest BCUT2D eigenvalue weighted by atomic mass is 10.3. The molecule has 0 atom stereocenters. The van der Waals surface area contributed by atoms with Gasteiger partial charge in [-0.2, -0.15) is 4.85 Å². The zero-order chi connectivity index (χ0) is 11.9. The van der Waals surface area contributed by atoms with Crippen molar-refractivity contribution in [2.75, 3.05) is 32.7 Å². The van der Waals surface area contributed by atoms with E-state index in [4.69, 9.17) is 0 Å². The molecule has 1 saturated heterocycles. The summed E-state index contributed by atoms with van der Waals surface area (Å²) in [6, 6.07) is 9.94. The van der Waals surface area contributed by atoms with Gasteiger partial charge in [-0.25, -0.2) is 4.90 Å². The zero-order valence-electron chi connectivity index (χ0n) is 10.0. The molecule has 2 rings (SSSR count). The van der Waals surface area contributed by atoms with Crippen molar-refractivity contribution in [2.24, 2.45) is 0 Å². The van der Waals surface area contributed by atoms with Crippen LogP contribution in [0.2, 0.25) is 0 Å². The second-order valence-electron chi connectivity index (χ2n) is 4.12. The van der Waals surface area contributed by atoms with Gasteiger partial charge in [0.1, 0.15) is 13.1 Å². The van der Waals surface area contributed by atoms with Gasteiger partial charge >= 0.3 is 6.19 Å². The van der Waals surface area contributed by atoms with Crippen molar-refractivity contribution in [1.29, 1.82) is 0 Å². The lowest BCUT2D eigenvalue weighted by Crippen LogP contribution is -2.44. The van der Waals surface area contributed by atoms with Crippen LogP contribution < -0.4 is 0 Å². The summed E-state index contributed by atoms with van der Waals surface area (Å²) >= 11 is 0. The predicted octanol–water partition coefficient (Wildman–Crippen LogP) is 2.41. The summed E-state index contributed by atoms with van der Waals surface area (Å²) in [5.41, 5.74) is 0.959. The van der Waals surface area contributed by atoms with E-state index in [0.29, 0.717) is 0 Å². The van der Waals surface area contributed by atoms with E-state index in [1.54, 1.807) is 0 Å². The summed E-state index contributed by atoms with van der Waals surface area (Å²) in [4.78, 5) is 8.87. The monoisotopic (exact) mass is 228 g/mol. The molecule has 0 radical (unpaired) electrons. The molecule has 0 spiro atoms. The summed E-state index contributed by atoms with van der Waals surface area (Å²) < 4.78 is 0. The van der Waals surface area contributed by atoms with Crippen molar-refractivity contribution in [3.63, 3.8) is 0 Å². The third-order valence-corrected chi connectivity index (χ3v) is 2.84. The van der Waals surface area contributed by atoms with Crippen LogP contribution in [0, 0.1) is 6.19 Å². The van der Waals surface area contributed by atoms with E-state index < -0.39 is 0 Å². The Balaban J connectivity index is 1.86. The number of piperazine rings is 1. The van der Waals surface area contributed by atoms with E-state index in [0.717, 1.165) is 38.4 Å². The first kappa shape index (κ1) is 11.7. The first-order valence-electron chi connectivity index (χ1n) is 5.98. The number of para-hydroxylation sites is 1. The fraction of sp³-hybridized carbons (Fsp3) is 0.357. The second-order valence-corrected chi connectivity index (χ2v) is 4.12. The lowest BCUT2D eigenvalue weighted by Gasteiger charge is -2.26. The Labute approximate surface area is 103 Å². The summed E-state index contributed by atoms with van der Waals surface area (Å²) in [7, 11) is 0. The highest BCUT2D eigenvalue weighted by molar-refractivity contribution is 5.44. The van der Waals surface area contributed by atoms with Crippen LogP contribution in [0.1, 0.15) is 0 Å². The van der Waals surface area contributed by atoms with E-state index in [9.17, 15) is 0 Å². The van der Waals surface area contributed by atoms with Gasteiger partial charge in [-0.05, 0) is 0 Å². The highest BCUT2D eigenvalue weighted by Crippen LogP contribution is 2.10. The fourth-order valence-corrected chi connectivity index (χ4v) is 1.84. The van der Waals surface area contributed by atoms with Gasteiger partial charge in [0.05, 0.1) is 0 Å². The topological polar surface area (TPSA) is 10.8 Å². The molecule has 88 valence electrons. The number of benzene rings is 1. The minimum absolute atomic E-state index is 0.959. The third-order valence-electron chi connectivity index (χ3n) is 2.84. The van der Waals surface area contributed by atoms with Crippen LogP contribution in [0.3, 0.4) is 0 Å². The van der Waals surface area contributed by atoms with Gasteiger partial charge in [-0.1, -0.05) is 24.3 Å². The van der Waals surface area contributed by atoms with Crippen molar-refractivity contribution in [3.8, 4) is 6.19 Å². The normalized spacial score (nSPS) is 16.1. The summed E-state index contributed by atoms with van der Waals surface area (Å²) in [6.45, 7) is 8.83. The molecular formula is C14H18N3+. The molecule has 0 aromatic heterocycles. The fourth-order valence-electron chi connectivity index (χ4n) is 1.84. The van der Waals surface area contributed by atoms with Crippen LogP contribution in [-0.4, -0.2) is 42.5 Å². The average Bonchev–Trinajstić information content (AvgIpc) is 2.40. The second kappa shape index (κ2) is 6.07. The molecule has 0 amide bonds. The van der Waals surface area contributed by atoms with Crippen molar-refractivity contribution < 1.29 is 0 Å². The molecule has 17 heavy (non-hydrogen) atoms. The number of hydrogen-bond donors (Lipinski definition) is 0. The standard InChI is InChI=1S/C14H18N3/c1-2-8-16-9-11-17(12-10-16)13-15-14-6-4-3-5-7-14/h2-7H,1,8-12H2/q+1. The van der Waals surface area contributed by atoms with E-state index >= 15 is 0 Å². The highest BCUT2D eigenvalue weighted by atomic mass is 15.3. The molecule has 1 fully saturated rings. The van der Waals surface area contributed by atoms with Crippen molar-refractivity contribution in [2.45, 2.75) is 0 Å². The Bertz CT molecular complexity index is 408. The van der Waals surface area contributed by atoms with Gasteiger partial charge in [0.2, 0.25) is 5.69 Å². The lowest BCUT2D eigenvalue weighted by molar-refractivity contribution is 0.190. The summed E-state index contributed by atoms with van der Waals surface area (Å²) in [5, 5.41) is 0. The Kier molecular flexibility index (Phi) is 4.17. The van der Waals surface area contributed by atoms with E-state index in [2.05, 4.69) is 27.4 Å². The molecule has 0 saturated carbocycles. The van der Waals surface area contributed by atoms with Gasteiger partial charge in [-0.3, -0.25) is 4.90 Å². The Hall–Kier alpha value is -1.79. The molecule has 0 bridgehead atoms. The van der Waals surface area contributed by atoms with Gasteiger partial charge in [-0.15, -0.1) is 6.58 Å². The molecule has 1 aliphatic heterocycles. The van der Waals surface area contributed by atoms with Crippen LogP contribution in [0.5, 0.6) is 0 Å². The maximum absolute atomic E-state index is 4.34. The van der Waals surface area contributed by atoms with Gasteiger partial charge in [0.25, 0.3) is 0 Å². The molecular weight excluding hydrogens is 210 g/mol. The minimum atomic E-state index is 0.959. The number of rotatable bonds is 2. The molecule has 1 heterocycles. The Morgan fingerprint density at radius 2 is 1.88 bits per heavy atom. The minimum Gasteiger partial charge on any atom is -0.292 e. The van der Waals surface area contributed by atoms with Crippen LogP contribution in [-0.2, 0) is 0 Å². The predicted molar refractivity (Wildman–Crippen MR) is 71.6 cm³/mol. The smallest absolute Gasteiger partial charge is 0.292 e. The molecule has 1 aromatic carbocycles. The van der Waals surface area contributed by atoms with E-state index in [1.165, 1.54) is 0 Å². The van der Waals surface area contributed by atoms with Crippen molar-refractivity contribution in [1.82, 2.24) is 9.80 Å². The first-order chi connectivity index (χ1) is 8.38. The van der Waals surface area contributed by atoms with Gasteiger partial charge in [0.15, 0.2) is 0 Å². The molecule has 0 aliphatic carbocycles. The SMILES string of the molecule is C=CCN1CCN(C#[N+]c2ccccc2)CC1. The van der Waals surface area contributed by atoms with Gasteiger partial charge in [0, 0.05) is 31.8 Å². The molecule has 0 unspecified atom stereocenters. The molecule has 3 heteroatoms. The van der Waals surface area contributed by atoms with Gasteiger partial charge < -0.3 is 0 Å². The maximum atomic E-state index is 4.34. The van der Waals surface area contributed by atoms with Crippen molar-refractivity contribution in [3.05, 3.63) is 47.8 Å². The zero-order valence-corrected chi connectivity index (χ0v) is 10.0. The van der Waals surface area contributed by atoms with E-state index in [1.807, 2.05) is 36.4 Å². The highest BCUT2D eigenvalue weighted by Gasteiger charge is 2.19. The quantitative estimate of drug-likeness (QED) is 0.568. The van der Waals surface area contributed by atoms with E-state index in [-0.39, 0.29) is 0 Å². The molecule has 1 aromatic rings. The van der Waals surface area contributed by atoms with Crippen LogP contribution in [0.4, 0.5) is 5.69 Å². The molecule has 0 N–H and O–H groups in total. The van der Waals surface area contributed by atoms with Crippen LogP contribution in [0.25, 0.3) is 4.85 Å². The number of hydrogen-bond acceptors (Lipinski definition) is 2. The number of nitrogens with zero attached hydrogens (tertiary/aromatic N) is 3. The average molecular weight is 228 g/mol. The van der Waals surface area contributed by atoms with Crippen LogP contribution >= 0.6 is 0 Å². The van der Waals surface area contributed by atoms with Crippen LogP contribution in [0.15, 0.2) is 43.0 Å². The van der Waals surface area contributed by atoms with Crippen molar-refractivity contribution >= 4 is 5.69 Å². The maximum Gasteiger partial charge on any atom is 0.377 e.